The standard InChI is InChI=1S/C20H24ClN3OS/c1-14-12-16(21)4-9-19(14)22-20(26)23-10-11-24(15(2)13-23)17-5-7-18(25-3)8-6-17/h4-9,12,15H,10-11,13H2,1-3H3,(H,22,26). The molecule has 1 aliphatic rings. The van der Waals surface area contributed by atoms with Crippen molar-refractivity contribution >= 4 is 40.3 Å². The van der Waals surface area contributed by atoms with Crippen molar-refractivity contribution in [2.24, 2.45) is 0 Å². The van der Waals surface area contributed by atoms with E-state index in [0.717, 1.165) is 46.8 Å². The van der Waals surface area contributed by atoms with Crippen LogP contribution in [-0.4, -0.2) is 42.8 Å². The Kier molecular flexibility index (Phi) is 5.89. The second-order valence-corrected chi connectivity index (χ2v) is 7.40. The third kappa shape index (κ3) is 4.22. The zero-order chi connectivity index (χ0) is 18.7. The SMILES string of the molecule is COc1ccc(N2CCN(C(=S)Nc3ccc(Cl)cc3C)CC2C)cc1. The van der Waals surface area contributed by atoms with Crippen LogP contribution in [0.2, 0.25) is 5.02 Å². The highest BCUT2D eigenvalue weighted by Gasteiger charge is 2.25. The zero-order valence-electron chi connectivity index (χ0n) is 15.3. The van der Waals surface area contributed by atoms with Gasteiger partial charge in [0.2, 0.25) is 0 Å². The lowest BCUT2D eigenvalue weighted by atomic mass is 10.1. The number of hydrogen-bond donors (Lipinski definition) is 1. The number of methoxy groups -OCH3 is 1. The van der Waals surface area contributed by atoms with Crippen LogP contribution in [0.25, 0.3) is 0 Å². The molecule has 0 amide bonds. The molecule has 1 N–H and O–H groups in total. The van der Waals surface area contributed by atoms with Crippen LogP contribution in [0.15, 0.2) is 42.5 Å². The molecule has 0 bridgehead atoms. The molecule has 1 aliphatic heterocycles. The second-order valence-electron chi connectivity index (χ2n) is 6.58. The first-order chi connectivity index (χ1) is 12.5. The van der Waals surface area contributed by atoms with Gasteiger partial charge in [-0.2, -0.15) is 0 Å². The van der Waals surface area contributed by atoms with Gasteiger partial charge in [-0.1, -0.05) is 11.6 Å². The maximum Gasteiger partial charge on any atom is 0.173 e. The number of hydrogen-bond acceptors (Lipinski definition) is 3. The lowest BCUT2D eigenvalue weighted by Crippen LogP contribution is -2.54. The first-order valence-electron chi connectivity index (χ1n) is 8.70. The fourth-order valence-corrected chi connectivity index (χ4v) is 3.76. The van der Waals surface area contributed by atoms with Crippen LogP contribution in [0.5, 0.6) is 5.75 Å². The third-order valence-electron chi connectivity index (χ3n) is 4.75. The van der Waals surface area contributed by atoms with Crippen LogP contribution in [0.4, 0.5) is 11.4 Å². The van der Waals surface area contributed by atoms with Crippen molar-refractivity contribution in [2.45, 2.75) is 19.9 Å². The van der Waals surface area contributed by atoms with E-state index in [2.05, 4.69) is 34.2 Å². The number of thiocarbonyl (C=S) groups is 1. The number of anilines is 2. The van der Waals surface area contributed by atoms with E-state index in [1.165, 1.54) is 5.69 Å². The first-order valence-corrected chi connectivity index (χ1v) is 9.49. The first kappa shape index (κ1) is 18.8. The topological polar surface area (TPSA) is 27.7 Å². The minimum Gasteiger partial charge on any atom is -0.497 e. The van der Waals surface area contributed by atoms with Gasteiger partial charge in [0.05, 0.1) is 7.11 Å². The van der Waals surface area contributed by atoms with Crippen molar-refractivity contribution in [1.82, 2.24) is 4.90 Å². The van der Waals surface area contributed by atoms with E-state index in [0.29, 0.717) is 6.04 Å². The molecule has 3 rings (SSSR count). The van der Waals surface area contributed by atoms with E-state index in [9.17, 15) is 0 Å². The molecule has 1 heterocycles. The van der Waals surface area contributed by atoms with Gasteiger partial charge in [0.1, 0.15) is 5.75 Å². The van der Waals surface area contributed by atoms with Gasteiger partial charge < -0.3 is 19.9 Å². The Balaban J connectivity index is 1.63. The Morgan fingerprint density at radius 1 is 1.19 bits per heavy atom. The van der Waals surface area contributed by atoms with E-state index in [1.54, 1.807) is 7.11 Å². The van der Waals surface area contributed by atoms with Gasteiger partial charge in [-0.25, -0.2) is 0 Å². The Bertz CT molecular complexity index is 781. The van der Waals surface area contributed by atoms with Crippen LogP contribution in [0.1, 0.15) is 12.5 Å². The number of nitrogens with zero attached hydrogens (tertiary/aromatic N) is 2. The molecule has 4 nitrogen and oxygen atoms in total. The molecule has 1 saturated heterocycles. The van der Waals surface area contributed by atoms with E-state index in [1.807, 2.05) is 37.3 Å². The number of benzene rings is 2. The zero-order valence-corrected chi connectivity index (χ0v) is 16.9. The maximum atomic E-state index is 6.03. The third-order valence-corrected chi connectivity index (χ3v) is 5.34. The highest BCUT2D eigenvalue weighted by atomic mass is 35.5. The molecule has 138 valence electrons. The fraction of sp³-hybridized carbons (Fsp3) is 0.350. The minimum absolute atomic E-state index is 0.364. The van der Waals surface area contributed by atoms with Gasteiger partial charge in [-0.3, -0.25) is 0 Å². The lowest BCUT2D eigenvalue weighted by Gasteiger charge is -2.42. The summed E-state index contributed by atoms with van der Waals surface area (Å²) in [5, 5.41) is 4.86. The number of piperazine rings is 1. The lowest BCUT2D eigenvalue weighted by molar-refractivity contribution is 0.342. The van der Waals surface area contributed by atoms with Crippen LogP contribution < -0.4 is 15.0 Å². The summed E-state index contributed by atoms with van der Waals surface area (Å²) < 4.78 is 5.25. The second kappa shape index (κ2) is 8.14. The van der Waals surface area contributed by atoms with Gasteiger partial charge in [-0.05, 0) is 74.1 Å². The minimum atomic E-state index is 0.364. The van der Waals surface area contributed by atoms with E-state index >= 15 is 0 Å². The molecule has 1 unspecified atom stereocenters. The quantitative estimate of drug-likeness (QED) is 0.776. The summed E-state index contributed by atoms with van der Waals surface area (Å²) in [7, 11) is 1.69. The summed E-state index contributed by atoms with van der Waals surface area (Å²) in [6, 6.07) is 14.4. The van der Waals surface area contributed by atoms with Crippen LogP contribution in [0, 0.1) is 6.92 Å². The fourth-order valence-electron chi connectivity index (χ4n) is 3.26. The van der Waals surface area contributed by atoms with Crippen molar-refractivity contribution in [3.8, 4) is 5.75 Å². The Morgan fingerprint density at radius 2 is 1.92 bits per heavy atom. The molecule has 0 spiro atoms. The van der Waals surface area contributed by atoms with Crippen LogP contribution >= 0.6 is 23.8 Å². The normalized spacial score (nSPS) is 17.2. The molecular formula is C20H24ClN3OS. The molecule has 0 aliphatic carbocycles. The highest BCUT2D eigenvalue weighted by Crippen LogP contribution is 2.24. The largest absolute Gasteiger partial charge is 0.497 e. The smallest absolute Gasteiger partial charge is 0.173 e. The maximum absolute atomic E-state index is 6.03. The van der Waals surface area contributed by atoms with E-state index in [4.69, 9.17) is 28.6 Å². The summed E-state index contributed by atoms with van der Waals surface area (Å²) in [5.41, 5.74) is 3.31. The summed E-state index contributed by atoms with van der Waals surface area (Å²) in [5.74, 6) is 0.878. The monoisotopic (exact) mass is 389 g/mol. The summed E-state index contributed by atoms with van der Waals surface area (Å²) >= 11 is 11.7. The Labute approximate surface area is 165 Å². The number of aryl methyl sites for hydroxylation is 1. The number of nitrogens with one attached hydrogen (secondary N) is 1. The predicted molar refractivity (Wildman–Crippen MR) is 114 cm³/mol. The van der Waals surface area contributed by atoms with Crippen molar-refractivity contribution < 1.29 is 4.74 Å². The molecular weight excluding hydrogens is 366 g/mol. The van der Waals surface area contributed by atoms with Gasteiger partial charge in [0.25, 0.3) is 0 Å². The van der Waals surface area contributed by atoms with Gasteiger partial charge in [0, 0.05) is 42.1 Å². The molecule has 1 atom stereocenters. The molecule has 6 heteroatoms. The molecule has 0 aromatic heterocycles. The highest BCUT2D eigenvalue weighted by molar-refractivity contribution is 7.80. The van der Waals surface area contributed by atoms with Crippen molar-refractivity contribution in [1.29, 1.82) is 0 Å². The van der Waals surface area contributed by atoms with Crippen molar-refractivity contribution in [3.63, 3.8) is 0 Å². The summed E-state index contributed by atoms with van der Waals surface area (Å²) in [4.78, 5) is 4.64. The number of ether oxygens (including phenoxy) is 1. The van der Waals surface area contributed by atoms with Crippen LogP contribution in [-0.2, 0) is 0 Å². The Hall–Kier alpha value is -1.98. The van der Waals surface area contributed by atoms with Crippen LogP contribution in [0.3, 0.4) is 0 Å². The predicted octanol–water partition coefficient (Wildman–Crippen LogP) is 4.56. The van der Waals surface area contributed by atoms with E-state index < -0.39 is 0 Å². The molecule has 0 saturated carbocycles. The van der Waals surface area contributed by atoms with Gasteiger partial charge in [0.15, 0.2) is 5.11 Å². The van der Waals surface area contributed by atoms with Gasteiger partial charge in [-0.15, -0.1) is 0 Å². The molecule has 1 fully saturated rings. The average molecular weight is 390 g/mol. The summed E-state index contributed by atoms with van der Waals surface area (Å²) in [6.07, 6.45) is 0. The van der Waals surface area contributed by atoms with E-state index in [-0.39, 0.29) is 0 Å². The number of halogens is 1. The summed E-state index contributed by atoms with van der Waals surface area (Å²) in [6.45, 7) is 6.95. The average Bonchev–Trinajstić information content (AvgIpc) is 2.64. The van der Waals surface area contributed by atoms with Crippen molar-refractivity contribution in [2.75, 3.05) is 37.0 Å². The number of rotatable bonds is 3. The molecule has 0 radical (unpaired) electrons. The van der Waals surface area contributed by atoms with Gasteiger partial charge >= 0.3 is 0 Å². The molecule has 2 aromatic carbocycles. The molecule has 26 heavy (non-hydrogen) atoms. The molecule has 2 aromatic rings. The van der Waals surface area contributed by atoms with Crippen molar-refractivity contribution in [3.05, 3.63) is 53.1 Å². The Morgan fingerprint density at radius 3 is 2.54 bits per heavy atom.